The Bertz CT molecular complexity index is 853. The highest BCUT2D eigenvalue weighted by molar-refractivity contribution is 5.95. The normalized spacial score (nSPS) is 11.6. The van der Waals surface area contributed by atoms with Crippen molar-refractivity contribution < 1.29 is 14.3 Å². The van der Waals surface area contributed by atoms with E-state index < -0.39 is 6.04 Å². The molecule has 2 aromatic carbocycles. The monoisotopic (exact) mass is 353 g/mol. The molecule has 0 aliphatic rings. The maximum atomic E-state index is 12.9. The van der Waals surface area contributed by atoms with Crippen LogP contribution < -0.4 is 14.8 Å². The first-order valence-corrected chi connectivity index (χ1v) is 8.00. The number of carbonyl (C=O) groups excluding carboxylic acids is 1. The van der Waals surface area contributed by atoms with Crippen LogP contribution >= 0.6 is 0 Å². The molecule has 8 heteroatoms. The van der Waals surface area contributed by atoms with Crippen molar-refractivity contribution in [2.75, 3.05) is 19.5 Å². The number of ether oxygens (including phenoxy) is 2. The third kappa shape index (κ3) is 3.97. The second-order valence-corrected chi connectivity index (χ2v) is 5.55. The van der Waals surface area contributed by atoms with E-state index in [1.165, 1.54) is 18.1 Å². The van der Waals surface area contributed by atoms with E-state index in [0.29, 0.717) is 23.6 Å². The van der Waals surface area contributed by atoms with Gasteiger partial charge in [-0.3, -0.25) is 4.79 Å². The summed E-state index contributed by atoms with van der Waals surface area (Å²) < 4.78 is 12.0. The number of hydrogen-bond acceptors (Lipinski definition) is 6. The maximum absolute atomic E-state index is 12.9. The second kappa shape index (κ2) is 8.11. The fourth-order valence-electron chi connectivity index (χ4n) is 2.57. The Hall–Kier alpha value is -3.42. The SMILES string of the molecule is COc1ccc(NC(=O)C(Cc2ccccc2)n2cnnn2)c(OC)c1. The molecule has 3 rings (SSSR count). The summed E-state index contributed by atoms with van der Waals surface area (Å²) in [5, 5.41) is 14.1. The number of aromatic nitrogens is 4. The van der Waals surface area contributed by atoms with Crippen molar-refractivity contribution in [2.24, 2.45) is 0 Å². The van der Waals surface area contributed by atoms with Crippen LogP contribution in [0.2, 0.25) is 0 Å². The van der Waals surface area contributed by atoms with Gasteiger partial charge in [0, 0.05) is 12.5 Å². The molecule has 26 heavy (non-hydrogen) atoms. The molecule has 0 saturated heterocycles. The van der Waals surface area contributed by atoms with Gasteiger partial charge in [-0.1, -0.05) is 30.3 Å². The predicted octanol–water partition coefficient (Wildman–Crippen LogP) is 2.11. The summed E-state index contributed by atoms with van der Waals surface area (Å²) in [6, 6.07) is 14.3. The molecule has 0 spiro atoms. The Balaban J connectivity index is 1.84. The summed E-state index contributed by atoms with van der Waals surface area (Å²) in [7, 11) is 3.11. The highest BCUT2D eigenvalue weighted by Gasteiger charge is 2.23. The number of nitrogens with zero attached hydrogens (tertiary/aromatic N) is 4. The Morgan fingerprint density at radius 1 is 1.15 bits per heavy atom. The highest BCUT2D eigenvalue weighted by atomic mass is 16.5. The molecule has 0 saturated carbocycles. The van der Waals surface area contributed by atoms with Crippen LogP contribution in [-0.4, -0.2) is 40.3 Å². The number of benzene rings is 2. The van der Waals surface area contributed by atoms with E-state index in [0.717, 1.165) is 5.56 Å². The molecular formula is C18H19N5O3. The van der Waals surface area contributed by atoms with Gasteiger partial charge >= 0.3 is 0 Å². The fourth-order valence-corrected chi connectivity index (χ4v) is 2.57. The minimum atomic E-state index is -0.598. The number of methoxy groups -OCH3 is 2. The van der Waals surface area contributed by atoms with Gasteiger partial charge in [-0.15, -0.1) is 5.10 Å². The summed E-state index contributed by atoms with van der Waals surface area (Å²) in [5.74, 6) is 0.902. The minimum Gasteiger partial charge on any atom is -0.497 e. The van der Waals surface area contributed by atoms with Crippen LogP contribution in [0, 0.1) is 0 Å². The van der Waals surface area contributed by atoms with Crippen molar-refractivity contribution in [1.82, 2.24) is 20.2 Å². The predicted molar refractivity (Wildman–Crippen MR) is 95.2 cm³/mol. The van der Waals surface area contributed by atoms with E-state index in [2.05, 4.69) is 20.8 Å². The van der Waals surface area contributed by atoms with Gasteiger partial charge in [0.2, 0.25) is 5.91 Å². The molecule has 1 atom stereocenters. The summed E-state index contributed by atoms with van der Waals surface area (Å²) >= 11 is 0. The molecule has 0 radical (unpaired) electrons. The Morgan fingerprint density at radius 2 is 1.96 bits per heavy atom. The van der Waals surface area contributed by atoms with E-state index in [1.807, 2.05) is 30.3 Å². The topological polar surface area (TPSA) is 91.2 Å². The van der Waals surface area contributed by atoms with Crippen LogP contribution in [-0.2, 0) is 11.2 Å². The second-order valence-electron chi connectivity index (χ2n) is 5.55. The van der Waals surface area contributed by atoms with E-state index in [-0.39, 0.29) is 5.91 Å². The molecule has 0 aliphatic carbocycles. The molecule has 0 bridgehead atoms. The van der Waals surface area contributed by atoms with Crippen molar-refractivity contribution in [3.63, 3.8) is 0 Å². The Labute approximate surface area is 150 Å². The molecule has 1 unspecified atom stereocenters. The number of carbonyl (C=O) groups is 1. The van der Waals surface area contributed by atoms with Gasteiger partial charge in [0.25, 0.3) is 0 Å². The van der Waals surface area contributed by atoms with Crippen LogP contribution in [0.25, 0.3) is 0 Å². The molecule has 1 aromatic heterocycles. The number of rotatable bonds is 7. The van der Waals surface area contributed by atoms with E-state index in [9.17, 15) is 4.79 Å². The fraction of sp³-hybridized carbons (Fsp3) is 0.222. The first-order valence-electron chi connectivity index (χ1n) is 8.00. The molecular weight excluding hydrogens is 334 g/mol. The van der Waals surface area contributed by atoms with E-state index in [4.69, 9.17) is 9.47 Å². The summed E-state index contributed by atoms with van der Waals surface area (Å²) in [4.78, 5) is 12.9. The zero-order valence-electron chi connectivity index (χ0n) is 14.5. The van der Waals surface area contributed by atoms with Gasteiger partial charge in [-0.2, -0.15) is 0 Å². The number of nitrogens with one attached hydrogen (secondary N) is 1. The molecule has 0 fully saturated rings. The third-order valence-corrected chi connectivity index (χ3v) is 3.93. The third-order valence-electron chi connectivity index (χ3n) is 3.93. The van der Waals surface area contributed by atoms with E-state index >= 15 is 0 Å². The average Bonchev–Trinajstić information content (AvgIpc) is 3.21. The van der Waals surface area contributed by atoms with Crippen LogP contribution in [0.15, 0.2) is 54.9 Å². The molecule has 3 aromatic rings. The molecule has 1 N–H and O–H groups in total. The van der Waals surface area contributed by atoms with E-state index in [1.54, 1.807) is 25.3 Å². The van der Waals surface area contributed by atoms with Crippen molar-refractivity contribution in [1.29, 1.82) is 0 Å². The summed E-state index contributed by atoms with van der Waals surface area (Å²) in [5.41, 5.74) is 1.55. The molecule has 134 valence electrons. The lowest BCUT2D eigenvalue weighted by molar-refractivity contribution is -0.119. The number of anilines is 1. The molecule has 1 heterocycles. The van der Waals surface area contributed by atoms with Crippen molar-refractivity contribution in [3.8, 4) is 11.5 Å². The van der Waals surface area contributed by atoms with Crippen LogP contribution in [0.4, 0.5) is 5.69 Å². The first kappa shape index (κ1) is 17.4. The minimum absolute atomic E-state index is 0.246. The number of amides is 1. The zero-order chi connectivity index (χ0) is 18.4. The lowest BCUT2D eigenvalue weighted by atomic mass is 10.1. The van der Waals surface area contributed by atoms with Gasteiger partial charge in [0.15, 0.2) is 0 Å². The lowest BCUT2D eigenvalue weighted by Crippen LogP contribution is -2.28. The van der Waals surface area contributed by atoms with Gasteiger partial charge in [0.05, 0.1) is 19.9 Å². The van der Waals surface area contributed by atoms with Gasteiger partial charge < -0.3 is 14.8 Å². The van der Waals surface area contributed by atoms with Crippen molar-refractivity contribution in [3.05, 3.63) is 60.4 Å². The zero-order valence-corrected chi connectivity index (χ0v) is 14.5. The van der Waals surface area contributed by atoms with Gasteiger partial charge in [-0.25, -0.2) is 4.68 Å². The molecule has 1 amide bonds. The van der Waals surface area contributed by atoms with Gasteiger partial charge in [-0.05, 0) is 28.1 Å². The smallest absolute Gasteiger partial charge is 0.249 e. The van der Waals surface area contributed by atoms with Crippen LogP contribution in [0.5, 0.6) is 11.5 Å². The quantitative estimate of drug-likeness (QED) is 0.699. The Kier molecular flexibility index (Phi) is 5.43. The maximum Gasteiger partial charge on any atom is 0.249 e. The molecule has 0 aliphatic heterocycles. The largest absolute Gasteiger partial charge is 0.497 e. The highest BCUT2D eigenvalue weighted by Crippen LogP contribution is 2.30. The van der Waals surface area contributed by atoms with Crippen LogP contribution in [0.3, 0.4) is 0 Å². The average molecular weight is 353 g/mol. The number of tetrazole rings is 1. The summed E-state index contributed by atoms with van der Waals surface area (Å²) in [6.45, 7) is 0. The Morgan fingerprint density at radius 3 is 2.62 bits per heavy atom. The summed E-state index contributed by atoms with van der Waals surface area (Å²) in [6.07, 6.45) is 1.88. The van der Waals surface area contributed by atoms with Gasteiger partial charge in [0.1, 0.15) is 23.9 Å². The van der Waals surface area contributed by atoms with Crippen LogP contribution in [0.1, 0.15) is 11.6 Å². The number of hydrogen-bond donors (Lipinski definition) is 1. The van der Waals surface area contributed by atoms with Crippen molar-refractivity contribution >= 4 is 11.6 Å². The lowest BCUT2D eigenvalue weighted by Gasteiger charge is -2.18. The first-order chi connectivity index (χ1) is 12.7. The standard InChI is InChI=1S/C18H19N5O3/c1-25-14-8-9-15(17(11-14)26-2)20-18(24)16(23-12-19-21-22-23)10-13-6-4-3-5-7-13/h3-9,11-12,16H,10H2,1-2H3,(H,20,24). The molecule has 8 nitrogen and oxygen atoms in total. The van der Waals surface area contributed by atoms with Crippen molar-refractivity contribution in [2.45, 2.75) is 12.5 Å².